The van der Waals surface area contributed by atoms with E-state index in [2.05, 4.69) is 61.5 Å². The van der Waals surface area contributed by atoms with Gasteiger partial charge in [0.2, 0.25) is 23.6 Å². The molecule has 45 heavy (non-hydrogen) atoms. The van der Waals surface area contributed by atoms with E-state index < -0.39 is 59.8 Å². The predicted molar refractivity (Wildman–Crippen MR) is 173 cm³/mol. The van der Waals surface area contributed by atoms with Gasteiger partial charge in [0.1, 0.15) is 24.2 Å². The molecule has 0 radical (unpaired) electrons. The number of nitrogens with two attached hydrogens (primary N) is 3. The van der Waals surface area contributed by atoms with Crippen LogP contribution in [0, 0.1) is 0 Å². The van der Waals surface area contributed by atoms with Crippen molar-refractivity contribution >= 4 is 60.8 Å². The number of carbonyl (C=O) groups is 5. The number of benzene rings is 1. The monoisotopic (exact) mass is 664 g/mol. The second-order valence-corrected chi connectivity index (χ2v) is 10.7. The number of imidazole rings is 1. The molecule has 12 N–H and O–H groups in total. The zero-order valence-electron chi connectivity index (χ0n) is 24.4. The molecule has 0 saturated heterocycles. The van der Waals surface area contributed by atoms with E-state index in [1.54, 1.807) is 30.3 Å². The molecule has 18 heteroatoms. The van der Waals surface area contributed by atoms with E-state index in [4.69, 9.17) is 17.2 Å². The summed E-state index contributed by atoms with van der Waals surface area (Å²) >= 11 is 8.01. The number of amides is 4. The van der Waals surface area contributed by atoms with Crippen molar-refractivity contribution in [1.29, 1.82) is 0 Å². The van der Waals surface area contributed by atoms with Crippen LogP contribution in [-0.4, -0.2) is 98.9 Å². The summed E-state index contributed by atoms with van der Waals surface area (Å²) < 4.78 is 0. The number of aliphatic carboxylic acids is 1. The highest BCUT2D eigenvalue weighted by molar-refractivity contribution is 7.80. The van der Waals surface area contributed by atoms with Crippen molar-refractivity contribution in [3.05, 3.63) is 54.1 Å². The molecule has 0 aliphatic rings. The Morgan fingerprint density at radius 2 is 1.42 bits per heavy atom. The van der Waals surface area contributed by atoms with Crippen molar-refractivity contribution in [3.63, 3.8) is 0 Å². The van der Waals surface area contributed by atoms with Crippen LogP contribution in [0.4, 0.5) is 0 Å². The summed E-state index contributed by atoms with van der Waals surface area (Å²) in [7, 11) is 0. The lowest BCUT2D eigenvalue weighted by Crippen LogP contribution is -2.59. The number of aromatic nitrogens is 2. The Morgan fingerprint density at radius 1 is 0.844 bits per heavy atom. The van der Waals surface area contributed by atoms with Crippen LogP contribution in [0.1, 0.15) is 24.1 Å². The van der Waals surface area contributed by atoms with Crippen molar-refractivity contribution in [2.75, 3.05) is 18.1 Å². The minimum Gasteiger partial charge on any atom is -0.480 e. The van der Waals surface area contributed by atoms with Gasteiger partial charge in [0, 0.05) is 42.8 Å². The number of hydrogen-bond acceptors (Lipinski definition) is 10. The third-order valence-corrected chi connectivity index (χ3v) is 7.19. The van der Waals surface area contributed by atoms with E-state index in [1.165, 1.54) is 12.5 Å². The summed E-state index contributed by atoms with van der Waals surface area (Å²) in [5.41, 5.74) is 17.7. The Labute approximate surface area is 271 Å². The third-order valence-electron chi connectivity index (χ3n) is 6.44. The Balaban J connectivity index is 2.33. The van der Waals surface area contributed by atoms with Crippen LogP contribution in [0.15, 0.2) is 47.8 Å². The molecule has 0 unspecified atom stereocenters. The average molecular weight is 665 g/mol. The summed E-state index contributed by atoms with van der Waals surface area (Å²) in [6, 6.07) is 2.94. The summed E-state index contributed by atoms with van der Waals surface area (Å²) in [5.74, 6) is -4.42. The lowest BCUT2D eigenvalue weighted by molar-refractivity contribution is -0.141. The maximum Gasteiger partial charge on any atom is 0.327 e. The predicted octanol–water partition coefficient (Wildman–Crippen LogP) is -2.54. The third kappa shape index (κ3) is 13.1. The first-order valence-electron chi connectivity index (χ1n) is 13.9. The highest BCUT2D eigenvalue weighted by atomic mass is 32.1. The van der Waals surface area contributed by atoms with Gasteiger partial charge in [-0.3, -0.25) is 24.2 Å². The molecule has 0 bridgehead atoms. The molecule has 1 heterocycles. The topological polar surface area (TPSA) is 273 Å². The first-order chi connectivity index (χ1) is 21.4. The molecule has 0 spiro atoms. The average Bonchev–Trinajstić information content (AvgIpc) is 3.53. The number of aromatic amines is 1. The summed E-state index contributed by atoms with van der Waals surface area (Å²) in [4.78, 5) is 75.1. The molecule has 2 rings (SSSR count). The molecule has 4 amide bonds. The van der Waals surface area contributed by atoms with Crippen LogP contribution in [0.3, 0.4) is 0 Å². The zero-order valence-corrected chi connectivity index (χ0v) is 26.2. The van der Waals surface area contributed by atoms with Gasteiger partial charge in [0.15, 0.2) is 5.96 Å². The summed E-state index contributed by atoms with van der Waals surface area (Å²) in [5, 5.41) is 19.6. The number of guanidine groups is 1. The highest BCUT2D eigenvalue weighted by Crippen LogP contribution is 2.08. The van der Waals surface area contributed by atoms with E-state index in [9.17, 15) is 29.1 Å². The lowest BCUT2D eigenvalue weighted by atomic mass is 10.0. The van der Waals surface area contributed by atoms with Crippen LogP contribution < -0.4 is 38.5 Å². The van der Waals surface area contributed by atoms with Crippen LogP contribution in [0.2, 0.25) is 0 Å². The van der Waals surface area contributed by atoms with Crippen molar-refractivity contribution in [2.24, 2.45) is 22.2 Å². The van der Waals surface area contributed by atoms with Crippen LogP contribution in [-0.2, 0) is 36.8 Å². The molecule has 246 valence electrons. The first kappa shape index (κ1) is 36.9. The fourth-order valence-corrected chi connectivity index (χ4v) is 4.43. The SMILES string of the molecule is NC(N)=NCCC[C@H](NC(=O)[C@H](N)CS)C(=O)N[C@@H](Cc1ccccc1)C(=O)N[C@@H](Cc1cnc[nH]1)C(=O)N[C@@H](CS)C(=O)O. The number of nitrogens with zero attached hydrogens (tertiary/aromatic N) is 2. The van der Waals surface area contributed by atoms with Crippen molar-refractivity contribution in [3.8, 4) is 0 Å². The second kappa shape index (κ2) is 19.2. The minimum atomic E-state index is -1.31. The van der Waals surface area contributed by atoms with Gasteiger partial charge in [-0.25, -0.2) is 9.78 Å². The van der Waals surface area contributed by atoms with Gasteiger partial charge in [-0.1, -0.05) is 30.3 Å². The van der Waals surface area contributed by atoms with E-state index in [-0.39, 0.29) is 43.3 Å². The van der Waals surface area contributed by atoms with Gasteiger partial charge in [-0.05, 0) is 18.4 Å². The standard InChI is InChI=1S/C27H40N10O6S2/c28-17(12-44)22(38)34-18(7-4-8-32-27(29)30)23(39)35-19(9-15-5-2-1-3-6-15)24(40)36-20(10-16-11-31-14-33-16)25(41)37-21(13-45)26(42)43/h1-3,5-6,11,14,17-21,44-45H,4,7-10,12-13,28H2,(H,31,33)(H,34,38)(H,35,39)(H,36,40)(H,37,41)(H,42,43)(H4,29,30,32)/t17-,18+,19+,20+,21+/m1/s1. The van der Waals surface area contributed by atoms with Crippen molar-refractivity contribution < 1.29 is 29.1 Å². The van der Waals surface area contributed by atoms with Crippen LogP contribution in [0.5, 0.6) is 0 Å². The normalized spacial score (nSPS) is 14.1. The molecule has 1 aromatic carbocycles. The number of aliphatic imine (C=N–C) groups is 1. The molecule has 1 aromatic heterocycles. The molecular weight excluding hydrogens is 624 g/mol. The number of hydrogen-bond donors (Lipinski definition) is 11. The molecule has 0 aliphatic carbocycles. The number of carboxylic acid groups (broad SMARTS) is 1. The fraction of sp³-hybridized carbons (Fsp3) is 0.444. The van der Waals surface area contributed by atoms with Crippen LogP contribution >= 0.6 is 25.3 Å². The van der Waals surface area contributed by atoms with Gasteiger partial charge in [0.25, 0.3) is 0 Å². The molecule has 16 nitrogen and oxygen atoms in total. The Morgan fingerprint density at radius 3 is 1.96 bits per heavy atom. The number of thiol groups is 2. The quantitative estimate of drug-likeness (QED) is 0.0324. The number of carboxylic acids is 1. The van der Waals surface area contributed by atoms with Gasteiger partial charge in [-0.2, -0.15) is 25.3 Å². The first-order valence-corrected chi connectivity index (χ1v) is 15.2. The Bertz CT molecular complexity index is 1290. The Kier molecular flexibility index (Phi) is 15.7. The van der Waals surface area contributed by atoms with Gasteiger partial charge >= 0.3 is 5.97 Å². The number of carbonyl (C=O) groups excluding carboxylic acids is 4. The zero-order chi connectivity index (χ0) is 33.4. The van der Waals surface area contributed by atoms with E-state index in [0.29, 0.717) is 17.7 Å². The molecule has 5 atom stereocenters. The summed E-state index contributed by atoms with van der Waals surface area (Å²) in [6.45, 7) is 0.183. The van der Waals surface area contributed by atoms with E-state index in [1.807, 2.05) is 0 Å². The molecule has 0 aliphatic heterocycles. The lowest BCUT2D eigenvalue weighted by Gasteiger charge is -2.26. The minimum absolute atomic E-state index is 0.0238. The van der Waals surface area contributed by atoms with Gasteiger partial charge in [-0.15, -0.1) is 0 Å². The van der Waals surface area contributed by atoms with E-state index in [0.717, 1.165) is 0 Å². The van der Waals surface area contributed by atoms with Crippen LogP contribution in [0.25, 0.3) is 0 Å². The number of H-pyrrole nitrogens is 1. The molecule has 2 aromatic rings. The fourth-order valence-electron chi connectivity index (χ4n) is 4.02. The Hall–Kier alpha value is -4.29. The smallest absolute Gasteiger partial charge is 0.327 e. The number of nitrogens with one attached hydrogen (secondary N) is 5. The molecule has 0 fully saturated rings. The van der Waals surface area contributed by atoms with Gasteiger partial charge < -0.3 is 48.6 Å². The largest absolute Gasteiger partial charge is 0.480 e. The maximum atomic E-state index is 13.7. The number of rotatable bonds is 19. The highest BCUT2D eigenvalue weighted by Gasteiger charge is 2.32. The van der Waals surface area contributed by atoms with Crippen molar-refractivity contribution in [2.45, 2.75) is 55.9 Å². The molecule has 0 saturated carbocycles. The second-order valence-electron chi connectivity index (χ2n) is 9.97. The molecular formula is C27H40N10O6S2. The maximum absolute atomic E-state index is 13.7. The van der Waals surface area contributed by atoms with Gasteiger partial charge in [0.05, 0.1) is 12.4 Å². The van der Waals surface area contributed by atoms with Crippen molar-refractivity contribution in [1.82, 2.24) is 31.2 Å². The summed E-state index contributed by atoms with van der Waals surface area (Å²) in [6.07, 6.45) is 3.22. The van der Waals surface area contributed by atoms with E-state index >= 15 is 0 Å².